The summed E-state index contributed by atoms with van der Waals surface area (Å²) in [6.45, 7) is 0. The molecule has 9 heteroatoms. The van der Waals surface area contributed by atoms with E-state index in [1.54, 1.807) is 0 Å². The Morgan fingerprint density at radius 1 is 1.07 bits per heavy atom. The van der Waals surface area contributed by atoms with E-state index in [2.05, 4.69) is 8.37 Å². The smallest absolute Gasteiger partial charge is 0.272 e. The summed E-state index contributed by atoms with van der Waals surface area (Å²) in [5, 5.41) is 9.21. The Kier molecular flexibility index (Phi) is 9.63. The largest absolute Gasteiger partial charge is 0.515 e. The molecule has 0 spiro atoms. The molecule has 0 aliphatic carbocycles. The SMILES string of the molecule is O/C=C/C(=C\C(=C/SF)OSF)OSF. The highest BCUT2D eigenvalue weighted by molar-refractivity contribution is 7.97. The highest BCUT2D eigenvalue weighted by Gasteiger charge is 2.01. The summed E-state index contributed by atoms with van der Waals surface area (Å²) < 4.78 is 43.7. The maximum absolute atomic E-state index is 11.8. The third-order valence-corrected chi connectivity index (χ3v) is 1.77. The van der Waals surface area contributed by atoms with Crippen LogP contribution in [0.15, 0.2) is 35.3 Å². The monoisotopic (exact) mass is 278 g/mol. The van der Waals surface area contributed by atoms with Crippen molar-refractivity contribution in [2.45, 2.75) is 0 Å². The first kappa shape index (κ1) is 14.5. The van der Waals surface area contributed by atoms with Gasteiger partial charge < -0.3 is 13.5 Å². The number of aliphatic hydroxyl groups is 1. The Morgan fingerprint density at radius 3 is 2.13 bits per heavy atom. The van der Waals surface area contributed by atoms with E-state index in [-0.39, 0.29) is 23.7 Å². The van der Waals surface area contributed by atoms with Gasteiger partial charge in [-0.3, -0.25) is 0 Å². The van der Waals surface area contributed by atoms with Crippen LogP contribution in [-0.4, -0.2) is 5.11 Å². The lowest BCUT2D eigenvalue weighted by atomic mass is 10.4. The van der Waals surface area contributed by atoms with Gasteiger partial charge in [0.15, 0.2) is 5.76 Å². The van der Waals surface area contributed by atoms with Gasteiger partial charge in [0.05, 0.1) is 18.4 Å². The first-order valence-electron chi connectivity index (χ1n) is 3.19. The zero-order chi connectivity index (χ0) is 11.5. The molecule has 15 heavy (non-hydrogen) atoms. The normalized spacial score (nSPS) is 13.3. The van der Waals surface area contributed by atoms with Crippen LogP contribution < -0.4 is 0 Å². The topological polar surface area (TPSA) is 38.7 Å². The fourth-order valence-corrected chi connectivity index (χ4v) is 1.12. The molecule has 0 aromatic rings. The standard InChI is InChI=1S/C6H5F3O3S3/c7-13-4-6(12-15-9)3-5(1-2-10)11-14-8/h1-4,10H/b2-1+,5-3+,6-4+. The van der Waals surface area contributed by atoms with Crippen LogP contribution in [0.5, 0.6) is 0 Å². The fraction of sp³-hybridized carbons (Fsp3) is 0. The van der Waals surface area contributed by atoms with Gasteiger partial charge in [-0.25, -0.2) is 0 Å². The number of hydrogen-bond donors (Lipinski definition) is 1. The highest BCUT2D eigenvalue weighted by Crippen LogP contribution is 2.21. The van der Waals surface area contributed by atoms with Crippen LogP contribution in [0.2, 0.25) is 0 Å². The number of rotatable bonds is 7. The molecule has 0 unspecified atom stereocenters. The Bertz CT molecular complexity index is 257. The summed E-state index contributed by atoms with van der Waals surface area (Å²) in [6, 6.07) is 0. The highest BCUT2D eigenvalue weighted by atomic mass is 32.2. The van der Waals surface area contributed by atoms with Crippen molar-refractivity contribution in [3.05, 3.63) is 35.3 Å². The molecule has 0 saturated heterocycles. The molecule has 0 radical (unpaired) electrons. The van der Waals surface area contributed by atoms with E-state index < -0.39 is 24.9 Å². The van der Waals surface area contributed by atoms with Crippen LogP contribution >= 0.6 is 37.0 Å². The summed E-state index contributed by atoms with van der Waals surface area (Å²) in [5.74, 6) is -0.420. The van der Waals surface area contributed by atoms with Crippen molar-refractivity contribution in [1.82, 2.24) is 0 Å². The molecule has 0 heterocycles. The molecular weight excluding hydrogens is 273 g/mol. The minimum absolute atomic E-state index is 0.181. The third kappa shape index (κ3) is 7.40. The molecule has 0 aliphatic heterocycles. The number of aliphatic hydroxyl groups excluding tert-OH is 1. The second kappa shape index (κ2) is 9.99. The van der Waals surface area contributed by atoms with Crippen LogP contribution in [0, 0.1) is 0 Å². The maximum atomic E-state index is 11.8. The summed E-state index contributed by atoms with van der Waals surface area (Å²) in [7, 11) is 0. The summed E-state index contributed by atoms with van der Waals surface area (Å²) in [5.41, 5.74) is 0. The van der Waals surface area contributed by atoms with Gasteiger partial charge in [-0.2, -0.15) is 3.89 Å². The fourth-order valence-electron chi connectivity index (χ4n) is 0.508. The van der Waals surface area contributed by atoms with Gasteiger partial charge in [-0.15, -0.1) is 7.77 Å². The van der Waals surface area contributed by atoms with Crippen LogP contribution in [0.4, 0.5) is 11.7 Å². The molecule has 0 fully saturated rings. The van der Waals surface area contributed by atoms with E-state index in [1.807, 2.05) is 0 Å². The molecule has 0 bridgehead atoms. The molecule has 0 saturated carbocycles. The van der Waals surface area contributed by atoms with Gasteiger partial charge in [0.25, 0.3) is 24.9 Å². The second-order valence-electron chi connectivity index (χ2n) is 1.76. The van der Waals surface area contributed by atoms with Gasteiger partial charge in [0, 0.05) is 17.6 Å². The quantitative estimate of drug-likeness (QED) is 0.420. The Morgan fingerprint density at radius 2 is 1.67 bits per heavy atom. The van der Waals surface area contributed by atoms with Crippen LogP contribution in [0.3, 0.4) is 0 Å². The second-order valence-corrected chi connectivity index (χ2v) is 2.76. The van der Waals surface area contributed by atoms with E-state index in [9.17, 15) is 11.7 Å². The zero-order valence-electron chi connectivity index (χ0n) is 6.93. The van der Waals surface area contributed by atoms with Gasteiger partial charge in [0.1, 0.15) is 5.76 Å². The van der Waals surface area contributed by atoms with Crippen molar-refractivity contribution in [2.75, 3.05) is 0 Å². The number of allylic oxidation sites excluding steroid dienone is 2. The first-order chi connectivity index (χ1) is 7.28. The molecule has 0 aromatic carbocycles. The summed E-state index contributed by atoms with van der Waals surface area (Å²) in [4.78, 5) is 0. The van der Waals surface area contributed by atoms with Crippen LogP contribution in [-0.2, 0) is 8.37 Å². The summed E-state index contributed by atoms with van der Waals surface area (Å²) in [6.07, 6.45) is 2.53. The third-order valence-electron chi connectivity index (χ3n) is 0.939. The Balaban J connectivity index is 4.64. The van der Waals surface area contributed by atoms with E-state index in [0.29, 0.717) is 6.26 Å². The molecule has 0 atom stereocenters. The van der Waals surface area contributed by atoms with Crippen molar-refractivity contribution in [2.24, 2.45) is 0 Å². The number of hydrogen-bond acceptors (Lipinski definition) is 6. The molecule has 0 rings (SSSR count). The van der Waals surface area contributed by atoms with Crippen LogP contribution in [0.25, 0.3) is 0 Å². The molecule has 1 N–H and O–H groups in total. The molecule has 3 nitrogen and oxygen atoms in total. The molecule has 0 aromatic heterocycles. The van der Waals surface area contributed by atoms with Gasteiger partial charge in [-0.05, 0) is 0 Å². The van der Waals surface area contributed by atoms with E-state index >= 15 is 0 Å². The Labute approximate surface area is 97.7 Å². The minimum Gasteiger partial charge on any atom is -0.515 e. The average Bonchev–Trinajstić information content (AvgIpc) is 2.19. The van der Waals surface area contributed by atoms with E-state index in [1.165, 1.54) is 0 Å². The lowest BCUT2D eigenvalue weighted by Gasteiger charge is -2.01. The van der Waals surface area contributed by atoms with Crippen molar-refractivity contribution >= 4 is 37.0 Å². The first-order valence-corrected chi connectivity index (χ1v) is 5.25. The Hall–Kier alpha value is -0.540. The van der Waals surface area contributed by atoms with Crippen LogP contribution in [0.1, 0.15) is 0 Å². The zero-order valence-corrected chi connectivity index (χ0v) is 9.38. The minimum atomic E-state index is -0.508. The average molecular weight is 278 g/mol. The van der Waals surface area contributed by atoms with Gasteiger partial charge in [-0.1, -0.05) is 0 Å². The molecule has 86 valence electrons. The lowest BCUT2D eigenvalue weighted by molar-refractivity contribution is 0.452. The van der Waals surface area contributed by atoms with Crippen molar-refractivity contribution in [3.8, 4) is 0 Å². The van der Waals surface area contributed by atoms with E-state index in [0.717, 1.165) is 17.6 Å². The van der Waals surface area contributed by atoms with Crippen molar-refractivity contribution in [1.29, 1.82) is 0 Å². The van der Waals surface area contributed by atoms with Crippen molar-refractivity contribution in [3.63, 3.8) is 0 Å². The summed E-state index contributed by atoms with van der Waals surface area (Å²) >= 11 is -1.22. The molecular formula is C6H5F3O3S3. The predicted molar refractivity (Wildman–Crippen MR) is 56.2 cm³/mol. The molecule has 0 amide bonds. The predicted octanol–water partition coefficient (Wildman–Crippen LogP) is 4.50. The van der Waals surface area contributed by atoms with Crippen molar-refractivity contribution < 1.29 is 25.1 Å². The maximum Gasteiger partial charge on any atom is 0.272 e. The van der Waals surface area contributed by atoms with E-state index in [4.69, 9.17) is 5.11 Å². The van der Waals surface area contributed by atoms with Gasteiger partial charge in [0.2, 0.25) is 0 Å². The molecule has 0 aliphatic rings. The lowest BCUT2D eigenvalue weighted by Crippen LogP contribution is -1.83. The van der Waals surface area contributed by atoms with Gasteiger partial charge >= 0.3 is 0 Å². The number of halogens is 3.